The molecule has 1 nitrogen and oxygen atoms in total. The Morgan fingerprint density at radius 1 is 0.947 bits per heavy atom. The van der Waals surface area contributed by atoms with Gasteiger partial charge in [-0.05, 0) is 35.8 Å². The molecule has 2 saturated carbocycles. The van der Waals surface area contributed by atoms with E-state index < -0.39 is 0 Å². The second-order valence-corrected chi connectivity index (χ2v) is 6.85. The Kier molecular flexibility index (Phi) is 3.11. The average Bonchev–Trinajstić information content (AvgIpc) is 3.28. The fourth-order valence-corrected chi connectivity index (χ4v) is 4.49. The first-order valence-corrected chi connectivity index (χ1v) is 8.22. The van der Waals surface area contributed by atoms with Crippen LogP contribution < -0.4 is 0 Å². The molecule has 1 aromatic rings. The molecule has 0 saturated heterocycles. The molecular weight excluding hydrogens is 230 g/mol. The molecule has 2 aliphatic carbocycles. The van der Waals surface area contributed by atoms with Gasteiger partial charge in [0.15, 0.2) is 0 Å². The lowest BCUT2D eigenvalue weighted by Gasteiger charge is -2.30. The lowest BCUT2D eigenvalue weighted by Crippen LogP contribution is -2.34. The van der Waals surface area contributed by atoms with E-state index in [1.54, 1.807) is 11.1 Å². The van der Waals surface area contributed by atoms with Crippen molar-refractivity contribution in [2.24, 2.45) is 11.8 Å². The Morgan fingerprint density at radius 2 is 1.74 bits per heavy atom. The molecule has 0 bridgehead atoms. The van der Waals surface area contributed by atoms with Crippen molar-refractivity contribution in [1.82, 2.24) is 4.90 Å². The van der Waals surface area contributed by atoms with Crippen LogP contribution in [-0.4, -0.2) is 17.5 Å². The number of hydrogen-bond acceptors (Lipinski definition) is 1. The third kappa shape index (κ3) is 2.33. The van der Waals surface area contributed by atoms with Gasteiger partial charge in [-0.1, -0.05) is 56.4 Å². The lowest BCUT2D eigenvalue weighted by atomic mass is 9.85. The van der Waals surface area contributed by atoms with Crippen molar-refractivity contribution in [1.29, 1.82) is 0 Å². The van der Waals surface area contributed by atoms with Crippen LogP contribution in [0, 0.1) is 11.8 Å². The smallest absolute Gasteiger partial charge is 0.0239 e. The third-order valence-electron chi connectivity index (χ3n) is 5.69. The average molecular weight is 255 g/mol. The fraction of sp³-hybridized carbons (Fsp3) is 0.667. The summed E-state index contributed by atoms with van der Waals surface area (Å²) in [7, 11) is 0. The van der Waals surface area contributed by atoms with Crippen molar-refractivity contribution in [2.75, 3.05) is 6.54 Å². The Morgan fingerprint density at radius 3 is 2.58 bits per heavy atom. The summed E-state index contributed by atoms with van der Waals surface area (Å²) in [4.78, 5) is 2.78. The predicted molar refractivity (Wildman–Crippen MR) is 79.0 cm³/mol. The third-order valence-corrected chi connectivity index (χ3v) is 5.69. The van der Waals surface area contributed by atoms with Crippen LogP contribution in [-0.2, 0) is 13.0 Å². The van der Waals surface area contributed by atoms with Gasteiger partial charge < -0.3 is 0 Å². The molecule has 0 amide bonds. The number of hydrogen-bond donors (Lipinski definition) is 0. The van der Waals surface area contributed by atoms with Crippen molar-refractivity contribution in [3.63, 3.8) is 0 Å². The van der Waals surface area contributed by atoms with E-state index in [4.69, 9.17) is 0 Å². The summed E-state index contributed by atoms with van der Waals surface area (Å²) in [6, 6.07) is 9.97. The maximum absolute atomic E-state index is 2.78. The van der Waals surface area contributed by atoms with Crippen LogP contribution in [0.3, 0.4) is 0 Å². The van der Waals surface area contributed by atoms with E-state index in [0.717, 1.165) is 17.9 Å². The molecule has 2 atom stereocenters. The van der Waals surface area contributed by atoms with Crippen molar-refractivity contribution >= 4 is 0 Å². The summed E-state index contributed by atoms with van der Waals surface area (Å²) in [5.41, 5.74) is 3.18. The minimum atomic E-state index is 0.927. The van der Waals surface area contributed by atoms with Crippen LogP contribution in [0.4, 0.5) is 0 Å². The van der Waals surface area contributed by atoms with E-state index in [1.165, 1.54) is 58.0 Å². The van der Waals surface area contributed by atoms with Gasteiger partial charge in [0.05, 0.1) is 0 Å². The molecule has 2 fully saturated rings. The minimum absolute atomic E-state index is 0.927. The molecule has 102 valence electrons. The summed E-state index contributed by atoms with van der Waals surface area (Å²) in [5, 5.41) is 0. The second kappa shape index (κ2) is 4.94. The largest absolute Gasteiger partial charge is 0.295 e. The number of nitrogens with zero attached hydrogens (tertiary/aromatic N) is 1. The molecule has 19 heavy (non-hydrogen) atoms. The Balaban J connectivity index is 1.40. The molecule has 1 heteroatoms. The van der Waals surface area contributed by atoms with Gasteiger partial charge in [-0.25, -0.2) is 0 Å². The molecule has 4 rings (SSSR count). The van der Waals surface area contributed by atoms with Gasteiger partial charge in [-0.15, -0.1) is 0 Å². The highest BCUT2D eigenvalue weighted by Crippen LogP contribution is 2.48. The first kappa shape index (κ1) is 12.0. The van der Waals surface area contributed by atoms with Crippen molar-refractivity contribution in [3.05, 3.63) is 35.4 Å². The van der Waals surface area contributed by atoms with E-state index >= 15 is 0 Å². The van der Waals surface area contributed by atoms with Crippen molar-refractivity contribution < 1.29 is 0 Å². The first-order valence-electron chi connectivity index (χ1n) is 8.22. The molecule has 1 aromatic carbocycles. The number of benzene rings is 1. The van der Waals surface area contributed by atoms with Gasteiger partial charge in [0.2, 0.25) is 0 Å². The quantitative estimate of drug-likeness (QED) is 0.771. The highest BCUT2D eigenvalue weighted by molar-refractivity contribution is 5.29. The Bertz CT molecular complexity index is 447. The van der Waals surface area contributed by atoms with Crippen LogP contribution in [0.2, 0.25) is 0 Å². The molecule has 3 aliphatic rings. The summed E-state index contributed by atoms with van der Waals surface area (Å²) < 4.78 is 0. The Labute approximate surface area is 117 Å². The normalized spacial score (nSPS) is 32.0. The Hall–Kier alpha value is -0.820. The molecule has 0 radical (unpaired) electrons. The van der Waals surface area contributed by atoms with Gasteiger partial charge in [-0.2, -0.15) is 0 Å². The fourth-order valence-electron chi connectivity index (χ4n) is 4.49. The van der Waals surface area contributed by atoms with Gasteiger partial charge in [-0.3, -0.25) is 4.90 Å². The van der Waals surface area contributed by atoms with E-state index in [-0.39, 0.29) is 0 Å². The molecule has 0 unspecified atom stereocenters. The highest BCUT2D eigenvalue weighted by atomic mass is 15.2. The van der Waals surface area contributed by atoms with Crippen molar-refractivity contribution in [3.8, 4) is 0 Å². The highest BCUT2D eigenvalue weighted by Gasteiger charge is 2.46. The van der Waals surface area contributed by atoms with Crippen LogP contribution >= 0.6 is 0 Å². The zero-order valence-corrected chi connectivity index (χ0v) is 11.9. The van der Waals surface area contributed by atoms with Crippen molar-refractivity contribution in [2.45, 2.75) is 57.5 Å². The predicted octanol–water partition coefficient (Wildman–Crippen LogP) is 4.01. The van der Waals surface area contributed by atoms with E-state index in [1.807, 2.05) is 0 Å². The number of rotatable bonds is 2. The summed E-state index contributed by atoms with van der Waals surface area (Å²) >= 11 is 0. The minimum Gasteiger partial charge on any atom is -0.295 e. The first-order chi connectivity index (χ1) is 9.42. The maximum atomic E-state index is 2.78. The molecule has 0 N–H and O–H groups in total. The van der Waals surface area contributed by atoms with E-state index in [0.29, 0.717) is 0 Å². The SMILES string of the molecule is c1ccc2c(c1)CCN([C@H]1C[C@@H]1C1CCCCC1)C2. The molecule has 1 aliphatic heterocycles. The number of fused-ring (bicyclic) bond motifs is 1. The van der Waals surface area contributed by atoms with E-state index in [9.17, 15) is 0 Å². The topological polar surface area (TPSA) is 3.24 Å². The van der Waals surface area contributed by atoms with Gasteiger partial charge in [0.1, 0.15) is 0 Å². The van der Waals surface area contributed by atoms with Crippen LogP contribution in [0.25, 0.3) is 0 Å². The van der Waals surface area contributed by atoms with Gasteiger partial charge in [0, 0.05) is 19.1 Å². The maximum Gasteiger partial charge on any atom is 0.0239 e. The monoisotopic (exact) mass is 255 g/mol. The summed E-state index contributed by atoms with van der Waals surface area (Å²) in [5.74, 6) is 2.11. The second-order valence-electron chi connectivity index (χ2n) is 6.85. The van der Waals surface area contributed by atoms with E-state index in [2.05, 4.69) is 29.2 Å². The molecular formula is C18H25N. The van der Waals surface area contributed by atoms with Gasteiger partial charge in [0.25, 0.3) is 0 Å². The molecule has 0 aromatic heterocycles. The summed E-state index contributed by atoms with van der Waals surface area (Å²) in [6.07, 6.45) is 10.3. The standard InChI is InChI=1S/C18H25N/c1-2-7-15(8-3-1)17-12-18(17)19-11-10-14-6-4-5-9-16(14)13-19/h4-6,9,15,17-18H,1-3,7-8,10-13H2/t17-,18+/m1/s1. The molecule has 1 heterocycles. The van der Waals surface area contributed by atoms with Crippen LogP contribution in [0.1, 0.15) is 49.7 Å². The van der Waals surface area contributed by atoms with Crippen LogP contribution in [0.15, 0.2) is 24.3 Å². The van der Waals surface area contributed by atoms with Crippen LogP contribution in [0.5, 0.6) is 0 Å². The lowest BCUT2D eigenvalue weighted by molar-refractivity contribution is 0.206. The zero-order valence-electron chi connectivity index (χ0n) is 11.9. The molecule has 0 spiro atoms. The zero-order chi connectivity index (χ0) is 12.7. The summed E-state index contributed by atoms with van der Waals surface area (Å²) in [6.45, 7) is 2.51. The van der Waals surface area contributed by atoms with Gasteiger partial charge >= 0.3 is 0 Å².